The van der Waals surface area contributed by atoms with Gasteiger partial charge in [0.2, 0.25) is 0 Å². The van der Waals surface area contributed by atoms with E-state index in [0.29, 0.717) is 55.7 Å². The Morgan fingerprint density at radius 1 is 1.12 bits per heavy atom. The van der Waals surface area contributed by atoms with Gasteiger partial charge in [0, 0.05) is 42.8 Å². The fourth-order valence-corrected chi connectivity index (χ4v) is 5.49. The first-order valence-electron chi connectivity index (χ1n) is 11.8. The predicted octanol–water partition coefficient (Wildman–Crippen LogP) is 2.85. The van der Waals surface area contributed by atoms with Gasteiger partial charge in [0.15, 0.2) is 5.78 Å². The number of urea groups is 1. The number of thiophene rings is 1. The molecule has 33 heavy (non-hydrogen) atoms. The number of ketones is 1. The Morgan fingerprint density at radius 3 is 2.48 bits per heavy atom. The molecule has 178 valence electrons. The molecule has 0 radical (unpaired) electrons. The summed E-state index contributed by atoms with van der Waals surface area (Å²) in [4.78, 5) is 42.8. The maximum atomic E-state index is 13.2. The van der Waals surface area contributed by atoms with Crippen molar-refractivity contribution >= 4 is 29.1 Å². The van der Waals surface area contributed by atoms with Gasteiger partial charge in [-0.05, 0) is 37.3 Å². The second kappa shape index (κ2) is 10.5. The van der Waals surface area contributed by atoms with Crippen molar-refractivity contribution in [2.75, 3.05) is 32.7 Å². The van der Waals surface area contributed by atoms with E-state index in [-0.39, 0.29) is 18.4 Å². The molecule has 0 spiro atoms. The van der Waals surface area contributed by atoms with E-state index < -0.39 is 5.91 Å². The van der Waals surface area contributed by atoms with Gasteiger partial charge in [0.1, 0.15) is 0 Å². The van der Waals surface area contributed by atoms with E-state index in [4.69, 9.17) is 5.73 Å². The molecule has 4 rings (SSSR count). The normalized spacial score (nSPS) is 17.8. The van der Waals surface area contributed by atoms with Gasteiger partial charge in [0.05, 0.1) is 24.3 Å². The average Bonchev–Trinajstić information content (AvgIpc) is 3.43. The molecule has 0 bridgehead atoms. The van der Waals surface area contributed by atoms with Crippen LogP contribution in [-0.2, 0) is 6.54 Å². The maximum absolute atomic E-state index is 13.2. The van der Waals surface area contributed by atoms with E-state index in [1.165, 1.54) is 19.3 Å². The van der Waals surface area contributed by atoms with Gasteiger partial charge in [0.25, 0.3) is 5.91 Å². The molecule has 1 aliphatic heterocycles. The number of hydrogen-bond donors (Lipinski definition) is 2. The van der Waals surface area contributed by atoms with Crippen LogP contribution in [0.15, 0.2) is 23.6 Å². The summed E-state index contributed by atoms with van der Waals surface area (Å²) in [5.74, 6) is -0.564. The number of Topliss-reactive ketones (excluding diaryl/α,β-unsaturated/α-hetero) is 1. The van der Waals surface area contributed by atoms with E-state index in [2.05, 4.69) is 10.2 Å². The molecule has 3 amide bonds. The summed E-state index contributed by atoms with van der Waals surface area (Å²) in [5.41, 5.74) is 7.16. The van der Waals surface area contributed by atoms with Crippen LogP contribution >= 0.6 is 11.3 Å². The van der Waals surface area contributed by atoms with E-state index >= 15 is 0 Å². The third-order valence-corrected chi connectivity index (χ3v) is 7.63. The van der Waals surface area contributed by atoms with Crippen LogP contribution in [0.1, 0.15) is 63.5 Å². The summed E-state index contributed by atoms with van der Waals surface area (Å²) in [7, 11) is 0. The molecule has 0 atom stereocenters. The Balaban J connectivity index is 1.36. The molecule has 0 unspecified atom stereocenters. The fraction of sp³-hybridized carbons (Fsp3) is 0.542. The van der Waals surface area contributed by atoms with Crippen LogP contribution < -0.4 is 11.1 Å². The fourth-order valence-electron chi connectivity index (χ4n) is 4.79. The summed E-state index contributed by atoms with van der Waals surface area (Å²) in [6, 6.07) is 5.92. The summed E-state index contributed by atoms with van der Waals surface area (Å²) in [6.07, 6.45) is 5.77. The second-order valence-corrected chi connectivity index (χ2v) is 10.1. The monoisotopic (exact) mass is 471 g/mol. The molecule has 0 aromatic carbocycles. The number of nitrogens with two attached hydrogens (primary N) is 1. The smallest absolute Gasteiger partial charge is 0.317 e. The Hall–Kier alpha value is -2.65. The number of nitrogens with zero attached hydrogens (tertiary/aromatic N) is 3. The highest BCUT2D eigenvalue weighted by molar-refractivity contribution is 7.09. The van der Waals surface area contributed by atoms with Crippen molar-refractivity contribution in [2.45, 2.75) is 51.6 Å². The van der Waals surface area contributed by atoms with Crippen LogP contribution in [0.3, 0.4) is 0 Å². The first kappa shape index (κ1) is 23.5. The van der Waals surface area contributed by atoms with Gasteiger partial charge >= 0.3 is 6.03 Å². The zero-order chi connectivity index (χ0) is 23.4. The Bertz CT molecular complexity index is 986. The van der Waals surface area contributed by atoms with Crippen molar-refractivity contribution in [1.82, 2.24) is 19.7 Å². The molecule has 2 aromatic heterocycles. The van der Waals surface area contributed by atoms with Crippen molar-refractivity contribution in [2.24, 2.45) is 5.73 Å². The minimum atomic E-state index is -0.524. The van der Waals surface area contributed by atoms with Crippen LogP contribution in [-0.4, -0.2) is 70.9 Å². The Labute approximate surface area is 198 Å². The molecule has 3 N–H and O–H groups in total. The van der Waals surface area contributed by atoms with Gasteiger partial charge < -0.3 is 20.5 Å². The van der Waals surface area contributed by atoms with E-state index in [9.17, 15) is 14.4 Å². The quantitative estimate of drug-likeness (QED) is 0.607. The van der Waals surface area contributed by atoms with Gasteiger partial charge in [-0.1, -0.05) is 25.3 Å². The number of amides is 3. The number of carbonyl (C=O) groups excluding carboxylic acids is 3. The first-order valence-corrected chi connectivity index (χ1v) is 12.6. The summed E-state index contributed by atoms with van der Waals surface area (Å²) in [5, 5.41) is 5.17. The lowest BCUT2D eigenvalue weighted by Gasteiger charge is -2.35. The molecule has 2 aliphatic rings. The van der Waals surface area contributed by atoms with Crippen LogP contribution in [0, 0.1) is 6.92 Å². The highest BCUT2D eigenvalue weighted by Gasteiger charge is 2.27. The number of aromatic nitrogens is 1. The topological polar surface area (TPSA) is 101 Å². The average molecular weight is 472 g/mol. The van der Waals surface area contributed by atoms with Gasteiger partial charge in [-0.2, -0.15) is 0 Å². The van der Waals surface area contributed by atoms with E-state index in [0.717, 1.165) is 17.7 Å². The number of piperazine rings is 1. The number of carbonyl (C=O) groups is 3. The van der Waals surface area contributed by atoms with Crippen molar-refractivity contribution in [3.8, 4) is 0 Å². The highest BCUT2D eigenvalue weighted by Crippen LogP contribution is 2.21. The summed E-state index contributed by atoms with van der Waals surface area (Å²) in [6.45, 7) is 5.13. The zero-order valence-corrected chi connectivity index (χ0v) is 20.0. The highest BCUT2D eigenvalue weighted by atomic mass is 32.1. The van der Waals surface area contributed by atoms with Gasteiger partial charge in [-0.25, -0.2) is 4.79 Å². The van der Waals surface area contributed by atoms with Crippen molar-refractivity contribution in [3.05, 3.63) is 45.4 Å². The largest absolute Gasteiger partial charge is 0.366 e. The lowest BCUT2D eigenvalue weighted by atomic mass is 9.96. The van der Waals surface area contributed by atoms with Crippen LogP contribution in [0.25, 0.3) is 0 Å². The molecule has 8 nitrogen and oxygen atoms in total. The van der Waals surface area contributed by atoms with Gasteiger partial charge in [-0.15, -0.1) is 11.3 Å². The molecule has 1 aliphatic carbocycles. The Kier molecular flexibility index (Phi) is 7.49. The molecule has 1 saturated heterocycles. The predicted molar refractivity (Wildman–Crippen MR) is 129 cm³/mol. The third-order valence-electron chi connectivity index (χ3n) is 6.77. The minimum absolute atomic E-state index is 0.0134. The second-order valence-electron chi connectivity index (χ2n) is 9.03. The lowest BCUT2D eigenvalue weighted by Crippen LogP contribution is -2.54. The molecular weight excluding hydrogens is 438 g/mol. The van der Waals surface area contributed by atoms with E-state index in [1.54, 1.807) is 17.4 Å². The van der Waals surface area contributed by atoms with Crippen LogP contribution in [0.2, 0.25) is 0 Å². The van der Waals surface area contributed by atoms with Crippen molar-refractivity contribution < 1.29 is 14.4 Å². The molecular formula is C24H33N5O3S. The maximum Gasteiger partial charge on any atom is 0.317 e. The number of hydrogen-bond acceptors (Lipinski definition) is 5. The number of nitrogens with one attached hydrogen (secondary N) is 1. The molecule has 9 heteroatoms. The Morgan fingerprint density at radius 2 is 1.85 bits per heavy atom. The molecule has 1 saturated carbocycles. The van der Waals surface area contributed by atoms with Crippen molar-refractivity contribution in [3.63, 3.8) is 0 Å². The number of rotatable bonds is 7. The number of primary amides is 1. The molecule has 2 fully saturated rings. The SMILES string of the molecule is Cc1c(C(N)=O)cc(C(=O)CN2CCN(C(=O)NC3CCCCC3)CC2)n1Cc1cccs1. The minimum Gasteiger partial charge on any atom is -0.366 e. The summed E-state index contributed by atoms with van der Waals surface area (Å²) < 4.78 is 1.89. The third kappa shape index (κ3) is 5.65. The van der Waals surface area contributed by atoms with Crippen LogP contribution in [0.4, 0.5) is 4.79 Å². The molecule has 3 heterocycles. The van der Waals surface area contributed by atoms with E-state index in [1.807, 2.05) is 33.9 Å². The van der Waals surface area contributed by atoms with Crippen LogP contribution in [0.5, 0.6) is 0 Å². The first-order chi connectivity index (χ1) is 15.9. The van der Waals surface area contributed by atoms with Gasteiger partial charge in [-0.3, -0.25) is 14.5 Å². The standard InChI is InChI=1S/C24H33N5O3S/c1-17-20(23(25)31)14-21(29(17)15-19-8-5-13-33-19)22(30)16-27-9-11-28(12-10-27)24(32)26-18-6-3-2-4-7-18/h5,8,13-14,18H,2-4,6-7,9-12,15-16H2,1H3,(H2,25,31)(H,26,32). The summed E-state index contributed by atoms with van der Waals surface area (Å²) >= 11 is 1.61. The molecule has 2 aromatic rings. The van der Waals surface area contributed by atoms with Crippen molar-refractivity contribution in [1.29, 1.82) is 0 Å². The lowest BCUT2D eigenvalue weighted by molar-refractivity contribution is 0.0867. The zero-order valence-electron chi connectivity index (χ0n) is 19.2.